The zero-order chi connectivity index (χ0) is 22.1. The molecule has 0 aliphatic carbocycles. The minimum absolute atomic E-state index is 0.161. The summed E-state index contributed by atoms with van der Waals surface area (Å²) in [6.07, 6.45) is 1.97. The van der Waals surface area contributed by atoms with Crippen LogP contribution in [0.2, 0.25) is 0 Å². The number of hydrogen-bond donors (Lipinski definition) is 5. The van der Waals surface area contributed by atoms with Crippen molar-refractivity contribution in [2.24, 2.45) is 5.73 Å². The van der Waals surface area contributed by atoms with Crippen molar-refractivity contribution in [2.45, 2.75) is 33.0 Å². The number of carbonyl (C=O) groups is 2. The molecular formula is C20H25B2N2O6. The first-order valence-corrected chi connectivity index (χ1v) is 9.63. The van der Waals surface area contributed by atoms with Crippen molar-refractivity contribution in [1.82, 2.24) is 5.32 Å². The summed E-state index contributed by atoms with van der Waals surface area (Å²) in [6.45, 7) is 2.93. The first-order valence-electron chi connectivity index (χ1n) is 9.63. The zero-order valence-corrected chi connectivity index (χ0v) is 16.8. The van der Waals surface area contributed by atoms with Gasteiger partial charge >= 0.3 is 14.6 Å². The first-order chi connectivity index (χ1) is 14.4. The summed E-state index contributed by atoms with van der Waals surface area (Å²) in [5, 5.41) is 30.1. The van der Waals surface area contributed by atoms with E-state index in [0.717, 1.165) is 25.9 Å². The number of hydrogen-bond acceptors (Lipinski definition) is 6. The predicted molar refractivity (Wildman–Crippen MR) is 115 cm³/mol. The van der Waals surface area contributed by atoms with Gasteiger partial charge in [0.25, 0.3) is 5.91 Å². The maximum absolute atomic E-state index is 11.7. The average molecular weight is 411 g/mol. The molecule has 0 spiro atoms. The standard InChI is InChI=1S/C12H17BNO3.C8H8BNO3/c1-2-3-6-14-12(16)9-4-5-10(8-15)11(7-9)13-17;10-8(11)5-1-2-6-4-13-9(12)7(6)3-5/h4-5,7,15,17H,2-3,6,8H2,1H3,(H,14,16);1-3,12H,4H2,(H2,10,11). The van der Waals surface area contributed by atoms with E-state index >= 15 is 0 Å². The number of aliphatic hydroxyl groups excluding tert-OH is 1. The highest BCUT2D eigenvalue weighted by atomic mass is 16.5. The van der Waals surface area contributed by atoms with Gasteiger partial charge in [-0.05, 0) is 46.7 Å². The molecule has 1 heterocycles. The molecule has 2 amide bonds. The molecule has 0 bridgehead atoms. The smallest absolute Gasteiger partial charge is 0.450 e. The molecule has 2 aromatic rings. The lowest BCUT2D eigenvalue weighted by Crippen LogP contribution is -2.29. The average Bonchev–Trinajstić information content (AvgIpc) is 3.13. The molecule has 30 heavy (non-hydrogen) atoms. The van der Waals surface area contributed by atoms with Gasteiger partial charge in [0.1, 0.15) is 0 Å². The van der Waals surface area contributed by atoms with Gasteiger partial charge in [0.2, 0.25) is 5.91 Å². The lowest BCUT2D eigenvalue weighted by atomic mass is 9.79. The van der Waals surface area contributed by atoms with Gasteiger partial charge in [-0.2, -0.15) is 0 Å². The van der Waals surface area contributed by atoms with Crippen molar-refractivity contribution in [1.29, 1.82) is 0 Å². The Morgan fingerprint density at radius 2 is 1.97 bits per heavy atom. The molecule has 0 atom stereocenters. The van der Waals surface area contributed by atoms with Gasteiger partial charge in [-0.25, -0.2) is 0 Å². The third-order valence-corrected chi connectivity index (χ3v) is 4.63. The summed E-state index contributed by atoms with van der Waals surface area (Å²) in [5.74, 6) is -0.659. The molecule has 0 saturated heterocycles. The molecule has 1 radical (unpaired) electrons. The van der Waals surface area contributed by atoms with Gasteiger partial charge in [-0.3, -0.25) is 9.59 Å². The number of rotatable bonds is 7. The quantitative estimate of drug-likeness (QED) is 0.291. The Kier molecular flexibility index (Phi) is 9.07. The normalized spacial score (nSPS) is 11.9. The molecule has 1 aliphatic heterocycles. The van der Waals surface area contributed by atoms with E-state index in [2.05, 4.69) is 12.2 Å². The van der Waals surface area contributed by atoms with E-state index in [9.17, 15) is 14.6 Å². The van der Waals surface area contributed by atoms with E-state index in [-0.39, 0.29) is 12.5 Å². The molecule has 10 heteroatoms. The Hall–Kier alpha value is -2.65. The Labute approximate surface area is 176 Å². The highest BCUT2D eigenvalue weighted by Crippen LogP contribution is 2.10. The van der Waals surface area contributed by atoms with Crippen molar-refractivity contribution < 1.29 is 29.4 Å². The molecule has 157 valence electrons. The molecule has 3 rings (SSSR count). The van der Waals surface area contributed by atoms with Gasteiger partial charge in [-0.1, -0.05) is 31.5 Å². The van der Waals surface area contributed by atoms with Gasteiger partial charge in [0.05, 0.1) is 13.2 Å². The number of aliphatic hydroxyl groups is 1. The summed E-state index contributed by atoms with van der Waals surface area (Å²) in [6, 6.07) is 9.77. The van der Waals surface area contributed by atoms with E-state index in [1.54, 1.807) is 36.4 Å². The van der Waals surface area contributed by atoms with Crippen LogP contribution in [-0.2, 0) is 17.9 Å². The Morgan fingerprint density at radius 1 is 1.23 bits per heavy atom. The highest BCUT2D eigenvalue weighted by molar-refractivity contribution is 6.61. The monoisotopic (exact) mass is 411 g/mol. The second kappa shape index (κ2) is 11.5. The minimum atomic E-state index is -0.922. The van der Waals surface area contributed by atoms with E-state index in [4.69, 9.17) is 20.5 Å². The molecule has 0 saturated carbocycles. The fraction of sp³-hybridized carbons (Fsp3) is 0.300. The number of nitrogens with two attached hydrogens (primary N) is 1. The number of fused-ring (bicyclic) bond motifs is 1. The molecular weight excluding hydrogens is 386 g/mol. The Bertz CT molecular complexity index is 894. The maximum Gasteiger partial charge on any atom is 0.491 e. The third kappa shape index (κ3) is 6.17. The van der Waals surface area contributed by atoms with Gasteiger partial charge < -0.3 is 30.9 Å². The van der Waals surface area contributed by atoms with E-state index in [1.807, 2.05) is 0 Å². The van der Waals surface area contributed by atoms with Crippen LogP contribution in [0.1, 0.15) is 51.6 Å². The van der Waals surface area contributed by atoms with Crippen LogP contribution in [0.3, 0.4) is 0 Å². The van der Waals surface area contributed by atoms with Gasteiger partial charge in [0, 0.05) is 17.7 Å². The van der Waals surface area contributed by atoms with Crippen LogP contribution in [0.4, 0.5) is 0 Å². The molecule has 1 aliphatic rings. The minimum Gasteiger partial charge on any atom is -0.450 e. The van der Waals surface area contributed by atoms with Gasteiger partial charge in [0.15, 0.2) is 0 Å². The number of amides is 2. The van der Waals surface area contributed by atoms with Crippen LogP contribution in [-0.4, -0.2) is 48.1 Å². The molecule has 2 aromatic carbocycles. The van der Waals surface area contributed by atoms with Crippen LogP contribution in [0, 0.1) is 0 Å². The van der Waals surface area contributed by atoms with Gasteiger partial charge in [-0.15, -0.1) is 0 Å². The van der Waals surface area contributed by atoms with Crippen LogP contribution in [0.15, 0.2) is 36.4 Å². The SMILES string of the molecule is CCCCNC(=O)c1ccc(CO)c([B]O)c1.NC(=O)c1ccc2c(c1)B(O)OC2. The van der Waals surface area contributed by atoms with Crippen LogP contribution in [0.25, 0.3) is 0 Å². The predicted octanol–water partition coefficient (Wildman–Crippen LogP) is -1.05. The lowest BCUT2D eigenvalue weighted by Gasteiger charge is -2.08. The second-order valence-corrected chi connectivity index (χ2v) is 6.75. The van der Waals surface area contributed by atoms with Crippen LogP contribution >= 0.6 is 0 Å². The largest absolute Gasteiger partial charge is 0.491 e. The Morgan fingerprint density at radius 3 is 2.60 bits per heavy atom. The highest BCUT2D eigenvalue weighted by Gasteiger charge is 2.27. The van der Waals surface area contributed by atoms with Crippen LogP contribution < -0.4 is 22.0 Å². The number of carbonyl (C=O) groups excluding carboxylic acids is 2. The van der Waals surface area contributed by atoms with Crippen LogP contribution in [0.5, 0.6) is 0 Å². The topological polar surface area (TPSA) is 142 Å². The molecule has 0 fully saturated rings. The van der Waals surface area contributed by atoms with Crippen molar-refractivity contribution in [2.75, 3.05) is 6.54 Å². The summed E-state index contributed by atoms with van der Waals surface area (Å²) in [4.78, 5) is 22.5. The fourth-order valence-corrected chi connectivity index (χ4v) is 2.85. The summed E-state index contributed by atoms with van der Waals surface area (Å²) in [5.41, 5.74) is 8.57. The number of primary amides is 1. The first kappa shape index (κ1) is 23.6. The molecule has 0 unspecified atom stereocenters. The zero-order valence-electron chi connectivity index (χ0n) is 16.8. The van der Waals surface area contributed by atoms with Crippen molar-refractivity contribution in [3.63, 3.8) is 0 Å². The Balaban J connectivity index is 0.000000220. The summed E-state index contributed by atoms with van der Waals surface area (Å²) >= 11 is 0. The summed E-state index contributed by atoms with van der Waals surface area (Å²) < 4.78 is 4.96. The van der Waals surface area contributed by atoms with Crippen molar-refractivity contribution in [3.05, 3.63) is 58.7 Å². The van der Waals surface area contributed by atoms with Crippen molar-refractivity contribution in [3.8, 4) is 0 Å². The van der Waals surface area contributed by atoms with E-state index in [0.29, 0.717) is 40.8 Å². The molecule has 8 nitrogen and oxygen atoms in total. The molecule has 6 N–H and O–H groups in total. The maximum atomic E-state index is 11.7. The lowest BCUT2D eigenvalue weighted by molar-refractivity contribution is 0.0951. The number of unbranched alkanes of at least 4 members (excludes halogenated alkanes) is 1. The van der Waals surface area contributed by atoms with E-state index in [1.165, 1.54) is 0 Å². The molecule has 0 aromatic heterocycles. The summed E-state index contributed by atoms with van der Waals surface area (Å²) in [7, 11) is -0.0247. The second-order valence-electron chi connectivity index (χ2n) is 6.75. The number of benzene rings is 2. The van der Waals surface area contributed by atoms with E-state index < -0.39 is 13.0 Å². The van der Waals surface area contributed by atoms with Crippen molar-refractivity contribution >= 4 is 37.3 Å². The number of nitrogens with one attached hydrogen (secondary N) is 1. The fourth-order valence-electron chi connectivity index (χ4n) is 2.85. The third-order valence-electron chi connectivity index (χ3n) is 4.63.